The highest BCUT2D eigenvalue weighted by Gasteiger charge is 2.52. The number of nitrogens with one attached hydrogen (secondary N) is 1. The zero-order chi connectivity index (χ0) is 26.5. The van der Waals surface area contributed by atoms with Crippen LogP contribution in [0.1, 0.15) is 18.1 Å². The maximum Gasteiger partial charge on any atom is 0.328 e. The van der Waals surface area contributed by atoms with Gasteiger partial charge in [-0.15, -0.1) is 0 Å². The molecule has 2 aromatic carbocycles. The van der Waals surface area contributed by atoms with E-state index in [9.17, 15) is 24.5 Å². The van der Waals surface area contributed by atoms with E-state index in [-0.39, 0.29) is 24.8 Å². The molecule has 0 spiro atoms. The monoisotopic (exact) mass is 507 g/mol. The van der Waals surface area contributed by atoms with Gasteiger partial charge >= 0.3 is 12.0 Å². The van der Waals surface area contributed by atoms with E-state index in [1.165, 1.54) is 30.3 Å². The minimum atomic E-state index is -0.909. The first-order valence-electron chi connectivity index (χ1n) is 11.5. The van der Waals surface area contributed by atoms with E-state index in [1.54, 1.807) is 24.0 Å². The minimum absolute atomic E-state index is 0.0775. The summed E-state index contributed by atoms with van der Waals surface area (Å²) in [6, 6.07) is 13.7. The van der Waals surface area contributed by atoms with Crippen LogP contribution in [0.25, 0.3) is 0 Å². The number of hydrogen-bond acceptors (Lipinski definition) is 10. The Balaban J connectivity index is 1.61. The average Bonchev–Trinajstić information content (AvgIpc) is 3.24. The number of hydrazone groups is 1. The van der Waals surface area contributed by atoms with E-state index >= 15 is 0 Å². The van der Waals surface area contributed by atoms with Crippen molar-refractivity contribution in [3.8, 4) is 0 Å². The van der Waals surface area contributed by atoms with Crippen molar-refractivity contribution in [2.45, 2.75) is 25.7 Å². The number of aliphatic imine (C=N–C) groups is 1. The number of hydrogen-bond donors (Lipinski definition) is 1. The number of nitrogens with zero attached hydrogens (tertiary/aromatic N) is 6. The van der Waals surface area contributed by atoms with Crippen LogP contribution in [0.2, 0.25) is 0 Å². The van der Waals surface area contributed by atoms with E-state index in [0.717, 1.165) is 10.5 Å². The molecule has 192 valence electrons. The van der Waals surface area contributed by atoms with Crippen LogP contribution in [-0.4, -0.2) is 82.1 Å². The molecule has 1 N–H and O–H groups in total. The Hall–Kier alpha value is -4.81. The van der Waals surface area contributed by atoms with Gasteiger partial charge in [0.1, 0.15) is 6.54 Å². The van der Waals surface area contributed by atoms with E-state index in [0.29, 0.717) is 5.56 Å². The third kappa shape index (κ3) is 5.39. The molecule has 3 amide bonds. The van der Waals surface area contributed by atoms with E-state index in [1.807, 2.05) is 30.3 Å². The van der Waals surface area contributed by atoms with Gasteiger partial charge < -0.3 is 14.5 Å². The lowest BCUT2D eigenvalue weighted by atomic mass is 10.1. The lowest BCUT2D eigenvalue weighted by Crippen LogP contribution is -2.65. The molecule has 13 heteroatoms. The maximum atomic E-state index is 13.5. The number of benzene rings is 2. The number of esters is 1. The number of amides is 3. The quantitative estimate of drug-likeness (QED) is 0.245. The number of imide groups is 1. The average molecular weight is 508 g/mol. The van der Waals surface area contributed by atoms with Crippen molar-refractivity contribution >= 4 is 35.8 Å². The summed E-state index contributed by atoms with van der Waals surface area (Å²) < 4.78 is 4.93. The second-order valence-corrected chi connectivity index (χ2v) is 8.27. The predicted molar refractivity (Wildman–Crippen MR) is 132 cm³/mol. The van der Waals surface area contributed by atoms with Crippen LogP contribution < -0.4 is 5.43 Å². The maximum absolute atomic E-state index is 13.5. The fraction of sp³-hybridized carbons (Fsp3) is 0.292. The number of rotatable bonds is 8. The number of fused-ring (bicyclic) bond motifs is 1. The SMILES string of the molecule is CCOC(=O)CN1C(=O)C2C(N=C(N/N=C/c3cccc([N+](=O)[O-])c3)N2Cc2ccccc2)N(C)C1=O. The van der Waals surface area contributed by atoms with Crippen LogP contribution in [0.15, 0.2) is 64.7 Å². The molecule has 0 radical (unpaired) electrons. The first kappa shape index (κ1) is 25.3. The molecule has 37 heavy (non-hydrogen) atoms. The van der Waals surface area contributed by atoms with Crippen LogP contribution in [0.5, 0.6) is 0 Å². The van der Waals surface area contributed by atoms with Crippen molar-refractivity contribution in [2.24, 2.45) is 10.1 Å². The van der Waals surface area contributed by atoms with E-state index in [2.05, 4.69) is 15.5 Å². The molecular formula is C24H25N7O6. The van der Waals surface area contributed by atoms with Crippen LogP contribution in [0.4, 0.5) is 10.5 Å². The molecule has 1 saturated heterocycles. The van der Waals surface area contributed by atoms with Crippen molar-refractivity contribution in [1.29, 1.82) is 0 Å². The van der Waals surface area contributed by atoms with Crippen molar-refractivity contribution < 1.29 is 24.0 Å². The molecule has 4 rings (SSSR count). The molecule has 2 aliphatic rings. The van der Waals surface area contributed by atoms with Gasteiger partial charge in [-0.05, 0) is 12.5 Å². The molecule has 0 aromatic heterocycles. The van der Waals surface area contributed by atoms with E-state index in [4.69, 9.17) is 4.74 Å². The Kier molecular flexibility index (Phi) is 7.41. The van der Waals surface area contributed by atoms with Crippen LogP contribution in [0, 0.1) is 10.1 Å². The highest BCUT2D eigenvalue weighted by molar-refractivity contribution is 6.05. The van der Waals surface area contributed by atoms with Crippen LogP contribution >= 0.6 is 0 Å². The molecular weight excluding hydrogens is 482 g/mol. The number of likely N-dealkylation sites (N-methyl/N-ethyl adjacent to an activating group) is 1. The summed E-state index contributed by atoms with van der Waals surface area (Å²) in [6.45, 7) is 1.52. The largest absolute Gasteiger partial charge is 0.465 e. The summed E-state index contributed by atoms with van der Waals surface area (Å²) >= 11 is 0. The lowest BCUT2D eigenvalue weighted by Gasteiger charge is -2.40. The normalized spacial score (nSPS) is 19.2. The number of guanidine groups is 1. The second kappa shape index (κ2) is 10.8. The topological polar surface area (TPSA) is 150 Å². The van der Waals surface area contributed by atoms with Crippen molar-refractivity contribution in [3.05, 3.63) is 75.8 Å². The number of carbonyl (C=O) groups excluding carboxylic acids is 3. The molecule has 1 fully saturated rings. The van der Waals surface area contributed by atoms with Gasteiger partial charge in [0.25, 0.3) is 11.6 Å². The Labute approximate surface area is 212 Å². The van der Waals surface area contributed by atoms with Crippen LogP contribution in [-0.2, 0) is 20.9 Å². The third-order valence-corrected chi connectivity index (χ3v) is 5.84. The van der Waals surface area contributed by atoms with Crippen molar-refractivity contribution in [2.75, 3.05) is 20.2 Å². The second-order valence-electron chi connectivity index (χ2n) is 8.27. The zero-order valence-corrected chi connectivity index (χ0v) is 20.2. The summed E-state index contributed by atoms with van der Waals surface area (Å²) in [6.07, 6.45) is 0.541. The molecule has 0 aliphatic carbocycles. The highest BCUT2D eigenvalue weighted by atomic mass is 16.6. The molecule has 13 nitrogen and oxygen atoms in total. The number of ether oxygens (including phenoxy) is 1. The summed E-state index contributed by atoms with van der Waals surface area (Å²) in [5.41, 5.74) is 4.10. The summed E-state index contributed by atoms with van der Waals surface area (Å²) in [5, 5.41) is 15.2. The molecule has 0 bridgehead atoms. The van der Waals surface area contributed by atoms with E-state index < -0.39 is 41.6 Å². The number of non-ortho nitro benzene ring substituents is 1. The molecule has 2 aliphatic heterocycles. The van der Waals surface area contributed by atoms with Crippen molar-refractivity contribution in [3.63, 3.8) is 0 Å². The first-order valence-corrected chi connectivity index (χ1v) is 11.5. The zero-order valence-electron chi connectivity index (χ0n) is 20.2. The van der Waals surface area contributed by atoms with Gasteiger partial charge in [-0.2, -0.15) is 5.10 Å². The Morgan fingerprint density at radius 1 is 1.22 bits per heavy atom. The van der Waals surface area contributed by atoms with Gasteiger partial charge in [0, 0.05) is 31.3 Å². The lowest BCUT2D eigenvalue weighted by molar-refractivity contribution is -0.384. The fourth-order valence-corrected chi connectivity index (χ4v) is 4.09. The summed E-state index contributed by atoms with van der Waals surface area (Å²) in [5.74, 6) is -1.05. The Morgan fingerprint density at radius 2 is 1.97 bits per heavy atom. The molecule has 2 atom stereocenters. The minimum Gasteiger partial charge on any atom is -0.465 e. The summed E-state index contributed by atoms with van der Waals surface area (Å²) in [4.78, 5) is 57.4. The highest BCUT2D eigenvalue weighted by Crippen LogP contribution is 2.28. The number of nitro groups is 1. The van der Waals surface area contributed by atoms with Gasteiger partial charge in [-0.25, -0.2) is 15.2 Å². The molecule has 2 unspecified atom stereocenters. The number of nitro benzene ring substituents is 1. The predicted octanol–water partition coefficient (Wildman–Crippen LogP) is 1.54. The molecule has 0 saturated carbocycles. The first-order chi connectivity index (χ1) is 17.8. The van der Waals surface area contributed by atoms with Crippen molar-refractivity contribution in [1.82, 2.24) is 20.1 Å². The smallest absolute Gasteiger partial charge is 0.328 e. The number of carbonyl (C=O) groups is 3. The number of urea groups is 1. The van der Waals surface area contributed by atoms with Gasteiger partial charge in [0.05, 0.1) is 17.7 Å². The standard InChI is InChI=1S/C24H25N7O6/c1-3-37-19(32)15-30-22(33)20-21(28(2)24(30)34)26-23(29(20)14-16-8-5-4-6-9-16)27-25-13-17-10-7-11-18(12-17)31(35)36/h4-13,20-21H,3,14-15H2,1-2H3,(H,26,27)/b25-13+. The summed E-state index contributed by atoms with van der Waals surface area (Å²) in [7, 11) is 1.50. The van der Waals surface area contributed by atoms with Gasteiger partial charge in [0.2, 0.25) is 5.96 Å². The van der Waals surface area contributed by atoms with Crippen LogP contribution in [0.3, 0.4) is 0 Å². The van der Waals surface area contributed by atoms with Gasteiger partial charge in [-0.3, -0.25) is 24.6 Å². The van der Waals surface area contributed by atoms with Gasteiger partial charge in [0.15, 0.2) is 12.2 Å². The molecule has 2 aromatic rings. The molecule has 2 heterocycles. The third-order valence-electron chi connectivity index (χ3n) is 5.84. The van der Waals surface area contributed by atoms with Gasteiger partial charge in [-0.1, -0.05) is 42.5 Å². The Morgan fingerprint density at radius 3 is 2.68 bits per heavy atom. The fourth-order valence-electron chi connectivity index (χ4n) is 4.09. The Bertz CT molecular complexity index is 1270.